The molecule has 0 aliphatic heterocycles. The Kier molecular flexibility index (Phi) is 6.39. The molecule has 0 bridgehead atoms. The molecule has 0 aliphatic carbocycles. The van der Waals surface area contributed by atoms with Crippen LogP contribution in [-0.4, -0.2) is 37.5 Å². The van der Waals surface area contributed by atoms with Crippen LogP contribution in [0, 0.1) is 0 Å². The molecule has 0 unspecified atom stereocenters. The van der Waals surface area contributed by atoms with Crippen molar-refractivity contribution >= 4 is 11.6 Å². The molecule has 0 aromatic heterocycles. The highest BCUT2D eigenvalue weighted by Crippen LogP contribution is 2.10. The van der Waals surface area contributed by atoms with Gasteiger partial charge in [0.05, 0.1) is 6.54 Å². The number of aryl methyl sites for hydroxylation is 1. The van der Waals surface area contributed by atoms with E-state index in [-0.39, 0.29) is 5.91 Å². The maximum atomic E-state index is 11.7. The number of likely N-dealkylation sites (N-methyl/N-ethyl adjacent to an activating group) is 1. The number of nitrogens with one attached hydrogen (secondary N) is 1. The molecule has 1 amide bonds. The molecule has 0 atom stereocenters. The first kappa shape index (κ1) is 14.7. The number of hydrogen-bond acceptors (Lipinski definition) is 3. The summed E-state index contributed by atoms with van der Waals surface area (Å²) in [5.41, 5.74) is 7.58. The second kappa shape index (κ2) is 7.84. The number of benzene rings is 1. The molecule has 0 radical (unpaired) electrons. The molecule has 0 spiro atoms. The van der Waals surface area contributed by atoms with Gasteiger partial charge in [-0.2, -0.15) is 0 Å². The molecule has 4 heteroatoms. The Bertz CT molecular complexity index is 362. The molecular formula is C14H23N3O. The van der Waals surface area contributed by atoms with Crippen molar-refractivity contribution < 1.29 is 4.79 Å². The summed E-state index contributed by atoms with van der Waals surface area (Å²) in [7, 11) is 1.89. The Labute approximate surface area is 109 Å². The van der Waals surface area contributed by atoms with E-state index < -0.39 is 0 Å². The molecule has 18 heavy (non-hydrogen) atoms. The van der Waals surface area contributed by atoms with Gasteiger partial charge in [0.2, 0.25) is 5.91 Å². The molecule has 3 N–H and O–H groups in total. The van der Waals surface area contributed by atoms with E-state index in [2.05, 4.69) is 24.4 Å². The molecule has 4 nitrogen and oxygen atoms in total. The summed E-state index contributed by atoms with van der Waals surface area (Å²) in [5, 5.41) is 2.88. The van der Waals surface area contributed by atoms with Crippen LogP contribution < -0.4 is 11.1 Å². The molecule has 1 aromatic rings. The Hall–Kier alpha value is -1.39. The van der Waals surface area contributed by atoms with Gasteiger partial charge in [-0.3, -0.25) is 9.69 Å². The first-order chi connectivity index (χ1) is 8.65. The second-order valence-electron chi connectivity index (χ2n) is 4.52. The average Bonchev–Trinajstić information content (AvgIpc) is 2.32. The third kappa shape index (κ3) is 5.29. The number of carbonyl (C=O) groups is 1. The summed E-state index contributed by atoms with van der Waals surface area (Å²) in [5.74, 6) is -0.00538. The van der Waals surface area contributed by atoms with E-state index in [1.165, 1.54) is 5.56 Å². The second-order valence-corrected chi connectivity index (χ2v) is 4.52. The Morgan fingerprint density at radius 2 is 2.00 bits per heavy atom. The van der Waals surface area contributed by atoms with Crippen molar-refractivity contribution in [3.8, 4) is 0 Å². The lowest BCUT2D eigenvalue weighted by Crippen LogP contribution is -2.33. The van der Waals surface area contributed by atoms with Crippen molar-refractivity contribution in [2.45, 2.75) is 19.8 Å². The van der Waals surface area contributed by atoms with E-state index in [0.717, 1.165) is 25.1 Å². The van der Waals surface area contributed by atoms with Gasteiger partial charge in [-0.05, 0) is 31.2 Å². The molecule has 0 fully saturated rings. The van der Waals surface area contributed by atoms with Crippen LogP contribution in [0.1, 0.15) is 18.9 Å². The van der Waals surface area contributed by atoms with E-state index in [9.17, 15) is 4.79 Å². The maximum Gasteiger partial charge on any atom is 0.238 e. The molecule has 0 saturated carbocycles. The largest absolute Gasteiger partial charge is 0.329 e. The lowest BCUT2D eigenvalue weighted by Gasteiger charge is -2.14. The van der Waals surface area contributed by atoms with Crippen molar-refractivity contribution in [1.29, 1.82) is 0 Å². The van der Waals surface area contributed by atoms with Crippen molar-refractivity contribution in [3.05, 3.63) is 29.8 Å². The van der Waals surface area contributed by atoms with E-state index in [0.29, 0.717) is 13.1 Å². The van der Waals surface area contributed by atoms with Gasteiger partial charge in [-0.15, -0.1) is 0 Å². The summed E-state index contributed by atoms with van der Waals surface area (Å²) < 4.78 is 0. The van der Waals surface area contributed by atoms with Crippen LogP contribution in [0.4, 0.5) is 5.69 Å². The smallest absolute Gasteiger partial charge is 0.238 e. The van der Waals surface area contributed by atoms with E-state index in [4.69, 9.17) is 5.73 Å². The lowest BCUT2D eigenvalue weighted by molar-refractivity contribution is -0.117. The fraction of sp³-hybridized carbons (Fsp3) is 0.500. The fourth-order valence-corrected chi connectivity index (χ4v) is 1.79. The van der Waals surface area contributed by atoms with Crippen LogP contribution in [0.5, 0.6) is 0 Å². The number of nitrogens with zero attached hydrogens (tertiary/aromatic N) is 1. The number of carbonyl (C=O) groups excluding carboxylic acids is 1. The predicted octanol–water partition coefficient (Wildman–Crippen LogP) is 1.47. The van der Waals surface area contributed by atoms with E-state index in [1.54, 1.807) is 0 Å². The minimum absolute atomic E-state index is 0.00538. The third-order valence-corrected chi connectivity index (χ3v) is 2.70. The first-order valence-corrected chi connectivity index (χ1v) is 6.43. The SMILES string of the molecule is CCCc1ccc(NC(=O)CN(C)CCN)cc1. The van der Waals surface area contributed by atoms with Gasteiger partial charge >= 0.3 is 0 Å². The first-order valence-electron chi connectivity index (χ1n) is 6.43. The van der Waals surface area contributed by atoms with Crippen LogP contribution in [0.2, 0.25) is 0 Å². The zero-order chi connectivity index (χ0) is 13.4. The minimum Gasteiger partial charge on any atom is -0.329 e. The molecule has 1 rings (SSSR count). The van der Waals surface area contributed by atoms with Crippen LogP contribution >= 0.6 is 0 Å². The standard InChI is InChI=1S/C14H23N3O/c1-3-4-12-5-7-13(8-6-12)16-14(18)11-17(2)10-9-15/h5-8H,3-4,9-11,15H2,1-2H3,(H,16,18). The van der Waals surface area contributed by atoms with Gasteiger partial charge in [-0.1, -0.05) is 25.5 Å². The van der Waals surface area contributed by atoms with Gasteiger partial charge in [0.15, 0.2) is 0 Å². The van der Waals surface area contributed by atoms with Gasteiger partial charge in [0, 0.05) is 18.8 Å². The zero-order valence-corrected chi connectivity index (χ0v) is 11.3. The monoisotopic (exact) mass is 249 g/mol. The molecular weight excluding hydrogens is 226 g/mol. The highest BCUT2D eigenvalue weighted by atomic mass is 16.2. The number of nitrogens with two attached hydrogens (primary N) is 1. The predicted molar refractivity (Wildman–Crippen MR) is 75.6 cm³/mol. The average molecular weight is 249 g/mol. The molecule has 0 heterocycles. The summed E-state index contributed by atoms with van der Waals surface area (Å²) in [4.78, 5) is 13.6. The molecule has 1 aromatic carbocycles. The van der Waals surface area contributed by atoms with Gasteiger partial charge in [0.1, 0.15) is 0 Å². The van der Waals surface area contributed by atoms with Crippen LogP contribution in [-0.2, 0) is 11.2 Å². The van der Waals surface area contributed by atoms with Gasteiger partial charge in [-0.25, -0.2) is 0 Å². The van der Waals surface area contributed by atoms with Crippen LogP contribution in [0.3, 0.4) is 0 Å². The maximum absolute atomic E-state index is 11.7. The number of anilines is 1. The van der Waals surface area contributed by atoms with Crippen LogP contribution in [0.15, 0.2) is 24.3 Å². The Balaban J connectivity index is 2.44. The van der Waals surface area contributed by atoms with Crippen molar-refractivity contribution in [2.75, 3.05) is 32.0 Å². The van der Waals surface area contributed by atoms with Crippen molar-refractivity contribution in [2.24, 2.45) is 5.73 Å². The quantitative estimate of drug-likeness (QED) is 0.769. The lowest BCUT2D eigenvalue weighted by atomic mass is 10.1. The highest BCUT2D eigenvalue weighted by Gasteiger charge is 2.05. The van der Waals surface area contributed by atoms with Crippen LogP contribution in [0.25, 0.3) is 0 Å². The normalized spacial score (nSPS) is 10.7. The minimum atomic E-state index is -0.00538. The van der Waals surface area contributed by atoms with E-state index in [1.807, 2.05) is 24.1 Å². The van der Waals surface area contributed by atoms with Crippen molar-refractivity contribution in [3.63, 3.8) is 0 Å². The molecule has 100 valence electrons. The zero-order valence-electron chi connectivity index (χ0n) is 11.3. The Morgan fingerprint density at radius 3 is 2.56 bits per heavy atom. The topological polar surface area (TPSA) is 58.4 Å². The molecule has 0 saturated heterocycles. The molecule has 0 aliphatic rings. The number of hydrogen-bond donors (Lipinski definition) is 2. The highest BCUT2D eigenvalue weighted by molar-refractivity contribution is 5.92. The Morgan fingerprint density at radius 1 is 1.33 bits per heavy atom. The number of amides is 1. The summed E-state index contributed by atoms with van der Waals surface area (Å²) in [6.07, 6.45) is 2.21. The van der Waals surface area contributed by atoms with Gasteiger partial charge < -0.3 is 11.1 Å². The third-order valence-electron chi connectivity index (χ3n) is 2.70. The van der Waals surface area contributed by atoms with Crippen molar-refractivity contribution in [1.82, 2.24) is 4.90 Å². The number of rotatable bonds is 7. The van der Waals surface area contributed by atoms with Gasteiger partial charge in [0.25, 0.3) is 0 Å². The van der Waals surface area contributed by atoms with E-state index >= 15 is 0 Å². The fourth-order valence-electron chi connectivity index (χ4n) is 1.79. The summed E-state index contributed by atoms with van der Waals surface area (Å²) >= 11 is 0. The summed E-state index contributed by atoms with van der Waals surface area (Å²) in [6, 6.07) is 8.02. The summed E-state index contributed by atoms with van der Waals surface area (Å²) in [6.45, 7) is 3.81.